The molecule has 0 saturated carbocycles. The summed E-state index contributed by atoms with van der Waals surface area (Å²) < 4.78 is 2.08. The maximum atomic E-state index is 12.2. The molecule has 5 nitrogen and oxygen atoms in total. The molecule has 0 fully saturated rings. The van der Waals surface area contributed by atoms with Gasteiger partial charge in [-0.1, -0.05) is 36.9 Å². The molecule has 0 spiro atoms. The van der Waals surface area contributed by atoms with Gasteiger partial charge in [0.2, 0.25) is 5.91 Å². The molecule has 0 unspecified atom stereocenters. The quantitative estimate of drug-likeness (QED) is 0.602. The summed E-state index contributed by atoms with van der Waals surface area (Å²) in [4.78, 5) is 13.5. The van der Waals surface area contributed by atoms with E-state index >= 15 is 0 Å². The van der Waals surface area contributed by atoms with Gasteiger partial charge in [-0.25, -0.2) is 0 Å². The fourth-order valence-electron chi connectivity index (χ4n) is 2.83. The lowest BCUT2D eigenvalue weighted by Gasteiger charge is -2.08. The van der Waals surface area contributed by atoms with Crippen LogP contribution in [0.2, 0.25) is 0 Å². The minimum Gasteiger partial charge on any atom is -0.325 e. The van der Waals surface area contributed by atoms with Gasteiger partial charge >= 0.3 is 0 Å². The largest absolute Gasteiger partial charge is 0.325 e. The van der Waals surface area contributed by atoms with Gasteiger partial charge in [0.05, 0.1) is 5.75 Å². The van der Waals surface area contributed by atoms with Gasteiger partial charge in [0.15, 0.2) is 11.0 Å². The van der Waals surface area contributed by atoms with E-state index in [0.717, 1.165) is 35.2 Å². The zero-order valence-corrected chi connectivity index (χ0v) is 16.8. The van der Waals surface area contributed by atoms with Gasteiger partial charge in [-0.3, -0.25) is 4.79 Å². The first-order valence-corrected chi connectivity index (χ1v) is 10.5. The molecule has 0 radical (unpaired) electrons. The molecule has 1 N–H and O–H groups in total. The molecule has 7 heteroatoms. The third-order valence-corrected chi connectivity index (χ3v) is 6.04. The Balaban J connectivity index is 1.73. The van der Waals surface area contributed by atoms with E-state index in [0.29, 0.717) is 5.75 Å². The maximum Gasteiger partial charge on any atom is 0.234 e. The number of carbonyl (C=O) groups excluding carboxylic acids is 1. The number of hydrogen-bond acceptors (Lipinski definition) is 5. The van der Waals surface area contributed by atoms with E-state index < -0.39 is 0 Å². The summed E-state index contributed by atoms with van der Waals surface area (Å²) in [5, 5.41) is 14.6. The van der Waals surface area contributed by atoms with Crippen molar-refractivity contribution < 1.29 is 4.79 Å². The Morgan fingerprint density at radius 2 is 2.00 bits per heavy atom. The van der Waals surface area contributed by atoms with Crippen LogP contribution in [0.5, 0.6) is 0 Å². The minimum atomic E-state index is -0.0472. The number of hydrogen-bond donors (Lipinski definition) is 1. The highest BCUT2D eigenvalue weighted by molar-refractivity contribution is 7.99. The van der Waals surface area contributed by atoms with Crippen molar-refractivity contribution in [2.75, 3.05) is 11.1 Å². The highest BCUT2D eigenvalue weighted by Crippen LogP contribution is 2.32. The zero-order chi connectivity index (χ0) is 18.5. The predicted octanol–water partition coefficient (Wildman–Crippen LogP) is 4.63. The minimum absolute atomic E-state index is 0.0472. The average Bonchev–Trinajstić information content (AvgIpc) is 3.23. The number of amides is 1. The van der Waals surface area contributed by atoms with Crippen LogP contribution in [0.4, 0.5) is 5.69 Å². The smallest absolute Gasteiger partial charge is 0.234 e. The van der Waals surface area contributed by atoms with Crippen LogP contribution in [-0.2, 0) is 17.8 Å². The van der Waals surface area contributed by atoms with Crippen LogP contribution in [-0.4, -0.2) is 26.4 Å². The number of rotatable bonds is 7. The molecule has 0 aliphatic carbocycles. The zero-order valence-electron chi connectivity index (χ0n) is 15.2. The average molecular weight is 387 g/mol. The first-order valence-electron chi connectivity index (χ1n) is 8.62. The second kappa shape index (κ2) is 8.51. The summed E-state index contributed by atoms with van der Waals surface area (Å²) >= 11 is 3.16. The van der Waals surface area contributed by atoms with Gasteiger partial charge in [0.25, 0.3) is 0 Å². The lowest BCUT2D eigenvalue weighted by molar-refractivity contribution is -0.113. The molecule has 3 rings (SSSR count). The molecule has 3 aromatic rings. The van der Waals surface area contributed by atoms with E-state index in [1.807, 2.05) is 30.3 Å². The Labute approximate surface area is 161 Å². The Kier molecular flexibility index (Phi) is 6.11. The van der Waals surface area contributed by atoms with E-state index in [2.05, 4.69) is 46.2 Å². The Morgan fingerprint density at radius 3 is 2.69 bits per heavy atom. The molecule has 0 aliphatic heterocycles. The number of carbonyl (C=O) groups is 1. The molecule has 2 heterocycles. The van der Waals surface area contributed by atoms with Crippen LogP contribution >= 0.6 is 23.1 Å². The Hall–Kier alpha value is -2.12. The normalized spacial score (nSPS) is 10.9. The molecule has 0 atom stereocenters. The molecule has 1 amide bonds. The summed E-state index contributed by atoms with van der Waals surface area (Å²) in [7, 11) is 0. The first-order chi connectivity index (χ1) is 12.6. The third kappa shape index (κ3) is 3.99. The summed E-state index contributed by atoms with van der Waals surface area (Å²) in [5.41, 5.74) is 3.29. The van der Waals surface area contributed by atoms with E-state index in [9.17, 15) is 4.79 Å². The number of thiophene rings is 1. The Bertz CT molecular complexity index is 886. The van der Waals surface area contributed by atoms with Crippen LogP contribution in [0.3, 0.4) is 0 Å². The summed E-state index contributed by atoms with van der Waals surface area (Å²) in [5.74, 6) is 1.14. The van der Waals surface area contributed by atoms with Crippen molar-refractivity contribution in [3.8, 4) is 11.4 Å². The molecule has 26 heavy (non-hydrogen) atoms. The van der Waals surface area contributed by atoms with Gasteiger partial charge in [0.1, 0.15) is 0 Å². The monoisotopic (exact) mass is 386 g/mol. The number of nitrogens with one attached hydrogen (secondary N) is 1. The third-order valence-electron chi connectivity index (χ3n) is 4.12. The van der Waals surface area contributed by atoms with E-state index in [4.69, 9.17) is 0 Å². The van der Waals surface area contributed by atoms with Crippen molar-refractivity contribution in [1.29, 1.82) is 0 Å². The van der Waals surface area contributed by atoms with Crippen LogP contribution < -0.4 is 5.32 Å². The molecule has 0 bridgehead atoms. The number of aryl methyl sites for hydroxylation is 1. The fourth-order valence-corrected chi connectivity index (χ4v) is 4.58. The summed E-state index contributed by atoms with van der Waals surface area (Å²) in [6.45, 7) is 7.15. The highest BCUT2D eigenvalue weighted by Gasteiger charge is 2.18. The van der Waals surface area contributed by atoms with E-state index in [1.54, 1.807) is 11.3 Å². The molecule has 1 aromatic carbocycles. The second-order valence-corrected chi connectivity index (χ2v) is 7.82. The molecular formula is C19H22N4OS2. The van der Waals surface area contributed by atoms with Crippen molar-refractivity contribution in [3.05, 3.63) is 46.2 Å². The summed E-state index contributed by atoms with van der Waals surface area (Å²) in [6.07, 6.45) is 0.975. The lowest BCUT2D eigenvalue weighted by Crippen LogP contribution is -2.14. The molecular weight excluding hydrogens is 364 g/mol. The van der Waals surface area contributed by atoms with Crippen LogP contribution in [0.15, 0.2) is 40.9 Å². The SMILES string of the molecule is CCc1c(-c2nnc(SCC(=O)Nc3ccccc3)n2CC)csc1C. The van der Waals surface area contributed by atoms with E-state index in [-0.39, 0.29) is 5.91 Å². The molecule has 2 aromatic heterocycles. The summed E-state index contributed by atoms with van der Waals surface area (Å²) in [6, 6.07) is 9.47. The standard InChI is InChI=1S/C19H22N4OS2/c1-4-15-13(3)25-11-16(15)18-21-22-19(23(18)5-2)26-12-17(24)20-14-9-7-6-8-10-14/h6-11H,4-5,12H2,1-3H3,(H,20,24). The predicted molar refractivity (Wildman–Crippen MR) is 109 cm³/mol. The number of aromatic nitrogens is 3. The molecule has 136 valence electrons. The second-order valence-electron chi connectivity index (χ2n) is 5.79. The topological polar surface area (TPSA) is 59.8 Å². The van der Waals surface area contributed by atoms with Crippen LogP contribution in [0.25, 0.3) is 11.4 Å². The maximum absolute atomic E-state index is 12.2. The van der Waals surface area contributed by atoms with Crippen molar-refractivity contribution in [2.45, 2.75) is 38.9 Å². The van der Waals surface area contributed by atoms with Crippen LogP contribution in [0.1, 0.15) is 24.3 Å². The number of benzene rings is 1. The lowest BCUT2D eigenvalue weighted by atomic mass is 10.1. The first kappa shape index (κ1) is 18.7. The number of nitrogens with zero attached hydrogens (tertiary/aromatic N) is 3. The van der Waals surface area contributed by atoms with Crippen molar-refractivity contribution >= 4 is 34.7 Å². The van der Waals surface area contributed by atoms with Crippen molar-refractivity contribution in [3.63, 3.8) is 0 Å². The van der Waals surface area contributed by atoms with E-state index in [1.165, 1.54) is 22.2 Å². The Morgan fingerprint density at radius 1 is 1.23 bits per heavy atom. The van der Waals surface area contributed by atoms with Crippen molar-refractivity contribution in [2.24, 2.45) is 0 Å². The van der Waals surface area contributed by atoms with Gasteiger partial charge in [0, 0.05) is 28.1 Å². The van der Waals surface area contributed by atoms with Gasteiger partial charge in [-0.05, 0) is 38.0 Å². The van der Waals surface area contributed by atoms with Crippen LogP contribution in [0, 0.1) is 6.92 Å². The van der Waals surface area contributed by atoms with Gasteiger partial charge in [-0.2, -0.15) is 0 Å². The van der Waals surface area contributed by atoms with Gasteiger partial charge < -0.3 is 9.88 Å². The number of para-hydroxylation sites is 1. The number of thioether (sulfide) groups is 1. The molecule has 0 saturated heterocycles. The fraction of sp³-hybridized carbons (Fsp3) is 0.316. The van der Waals surface area contributed by atoms with Crippen molar-refractivity contribution in [1.82, 2.24) is 14.8 Å². The highest BCUT2D eigenvalue weighted by atomic mass is 32.2. The molecule has 0 aliphatic rings. The van der Waals surface area contributed by atoms with Gasteiger partial charge in [-0.15, -0.1) is 21.5 Å². The number of anilines is 1.